The third-order valence-electron chi connectivity index (χ3n) is 4.59. The first-order chi connectivity index (χ1) is 11.7. The van der Waals surface area contributed by atoms with Crippen LogP contribution in [0.3, 0.4) is 0 Å². The van der Waals surface area contributed by atoms with Gasteiger partial charge in [0.15, 0.2) is 0 Å². The van der Waals surface area contributed by atoms with E-state index in [-0.39, 0.29) is 11.8 Å². The lowest BCUT2D eigenvalue weighted by Crippen LogP contribution is -2.38. The van der Waals surface area contributed by atoms with Crippen molar-refractivity contribution in [1.82, 2.24) is 14.3 Å². The van der Waals surface area contributed by atoms with Gasteiger partial charge in [-0.15, -0.1) is 0 Å². The van der Waals surface area contributed by atoms with Gasteiger partial charge in [0.25, 0.3) is 0 Å². The van der Waals surface area contributed by atoms with Gasteiger partial charge in [-0.25, -0.2) is 4.98 Å². The fourth-order valence-electron chi connectivity index (χ4n) is 3.33. The number of para-hydroxylation sites is 1. The number of carbonyl (C=O) groups is 1. The van der Waals surface area contributed by atoms with Crippen molar-refractivity contribution in [3.05, 3.63) is 35.7 Å². The second kappa shape index (κ2) is 6.39. The fraction of sp³-hybridized carbons (Fsp3) is 0.471. The Labute approximate surface area is 145 Å². The van der Waals surface area contributed by atoms with E-state index in [2.05, 4.69) is 14.3 Å². The maximum absolute atomic E-state index is 13.0. The van der Waals surface area contributed by atoms with Gasteiger partial charge in [-0.05, 0) is 19.4 Å². The Morgan fingerprint density at radius 3 is 2.96 bits per heavy atom. The summed E-state index contributed by atoms with van der Waals surface area (Å²) in [5, 5.41) is 0.955. The minimum atomic E-state index is -0.170. The van der Waals surface area contributed by atoms with Gasteiger partial charge in [0.2, 0.25) is 11.0 Å². The van der Waals surface area contributed by atoms with Crippen molar-refractivity contribution in [1.29, 1.82) is 0 Å². The van der Waals surface area contributed by atoms with Crippen LogP contribution < -0.4 is 9.64 Å². The van der Waals surface area contributed by atoms with Crippen LogP contribution in [0.1, 0.15) is 23.7 Å². The van der Waals surface area contributed by atoms with Gasteiger partial charge in [-0.1, -0.05) is 18.2 Å². The number of anilines is 1. The molecule has 24 heavy (non-hydrogen) atoms. The Hall–Kier alpha value is -2.15. The predicted molar refractivity (Wildman–Crippen MR) is 92.7 cm³/mol. The summed E-state index contributed by atoms with van der Waals surface area (Å²) in [5.41, 5.74) is 1.02. The van der Waals surface area contributed by atoms with Crippen LogP contribution >= 0.6 is 11.5 Å². The summed E-state index contributed by atoms with van der Waals surface area (Å²) in [6.07, 6.45) is 0.944. The molecule has 1 aromatic carbocycles. The minimum Gasteiger partial charge on any atom is -0.492 e. The number of nitrogens with zero attached hydrogens (tertiary/aromatic N) is 4. The lowest BCUT2D eigenvalue weighted by Gasteiger charge is -2.24. The van der Waals surface area contributed by atoms with Crippen LogP contribution in [0.4, 0.5) is 5.13 Å². The van der Waals surface area contributed by atoms with Crippen molar-refractivity contribution in [2.75, 3.05) is 37.7 Å². The molecular formula is C17H20N4O2S. The number of hydrogen-bond donors (Lipinski definition) is 0. The van der Waals surface area contributed by atoms with Crippen LogP contribution in [0.25, 0.3) is 0 Å². The van der Waals surface area contributed by atoms with E-state index in [4.69, 9.17) is 4.74 Å². The number of carbonyl (C=O) groups excluding carboxylic acids is 1. The molecule has 0 saturated carbocycles. The maximum Gasteiger partial charge on any atom is 0.233 e. The van der Waals surface area contributed by atoms with E-state index >= 15 is 0 Å². The monoisotopic (exact) mass is 344 g/mol. The molecule has 3 heterocycles. The second-order valence-electron chi connectivity index (χ2n) is 6.19. The summed E-state index contributed by atoms with van der Waals surface area (Å²) in [5.74, 6) is 1.66. The van der Waals surface area contributed by atoms with E-state index in [1.807, 2.05) is 36.1 Å². The van der Waals surface area contributed by atoms with E-state index in [1.165, 1.54) is 11.5 Å². The molecule has 0 aliphatic carbocycles. The van der Waals surface area contributed by atoms with Gasteiger partial charge >= 0.3 is 0 Å². The highest BCUT2D eigenvalue weighted by atomic mass is 32.1. The summed E-state index contributed by atoms with van der Waals surface area (Å²) >= 11 is 1.43. The fourth-order valence-corrected chi connectivity index (χ4v) is 4.06. The van der Waals surface area contributed by atoms with Crippen molar-refractivity contribution in [2.24, 2.45) is 0 Å². The smallest absolute Gasteiger partial charge is 0.233 e. The Morgan fingerprint density at radius 2 is 2.12 bits per heavy atom. The Bertz CT molecular complexity index is 748. The van der Waals surface area contributed by atoms with Crippen LogP contribution in [0.2, 0.25) is 0 Å². The van der Waals surface area contributed by atoms with Gasteiger partial charge in [0.05, 0.1) is 0 Å². The maximum atomic E-state index is 13.0. The van der Waals surface area contributed by atoms with Crippen LogP contribution in [-0.2, 0) is 4.79 Å². The highest BCUT2D eigenvalue weighted by molar-refractivity contribution is 7.09. The highest BCUT2D eigenvalue weighted by Crippen LogP contribution is 2.34. The van der Waals surface area contributed by atoms with Crippen LogP contribution in [0.15, 0.2) is 24.3 Å². The number of amides is 1. The van der Waals surface area contributed by atoms with Crippen LogP contribution in [-0.4, -0.2) is 53.0 Å². The van der Waals surface area contributed by atoms with Crippen molar-refractivity contribution < 1.29 is 9.53 Å². The molecule has 7 heteroatoms. The van der Waals surface area contributed by atoms with Crippen LogP contribution in [0, 0.1) is 6.92 Å². The van der Waals surface area contributed by atoms with E-state index in [1.54, 1.807) is 0 Å². The lowest BCUT2D eigenvalue weighted by atomic mass is 10.00. The number of ether oxygens (including phenoxy) is 1. The Balaban J connectivity index is 1.45. The molecule has 1 aromatic heterocycles. The van der Waals surface area contributed by atoms with Crippen molar-refractivity contribution in [3.63, 3.8) is 0 Å². The van der Waals surface area contributed by atoms with Gasteiger partial charge in [0.1, 0.15) is 24.1 Å². The van der Waals surface area contributed by atoms with Gasteiger partial charge in [-0.2, -0.15) is 4.37 Å². The number of benzene rings is 1. The standard InChI is InChI=1S/C17H20N4O2S/c1-12-18-17(24-19-12)21-8-4-7-20(9-10-21)16(22)14-11-23-15-6-3-2-5-13(14)15/h2-3,5-6,14H,4,7-11H2,1H3/t14-/m0/s1. The molecule has 0 spiro atoms. The zero-order valence-electron chi connectivity index (χ0n) is 13.6. The molecule has 2 aliphatic rings. The number of aromatic nitrogens is 2. The topological polar surface area (TPSA) is 58.6 Å². The van der Waals surface area contributed by atoms with E-state index in [0.29, 0.717) is 6.61 Å². The largest absolute Gasteiger partial charge is 0.492 e. The van der Waals surface area contributed by atoms with Crippen LogP contribution in [0.5, 0.6) is 5.75 Å². The van der Waals surface area contributed by atoms with Crippen molar-refractivity contribution in [2.45, 2.75) is 19.3 Å². The first-order valence-corrected chi connectivity index (χ1v) is 9.05. The van der Waals surface area contributed by atoms with Gasteiger partial charge in [-0.3, -0.25) is 4.79 Å². The van der Waals surface area contributed by atoms with E-state index in [0.717, 1.165) is 54.9 Å². The highest BCUT2D eigenvalue weighted by Gasteiger charge is 2.34. The molecule has 2 aromatic rings. The van der Waals surface area contributed by atoms with E-state index < -0.39 is 0 Å². The third kappa shape index (κ3) is 2.84. The number of fused-ring (bicyclic) bond motifs is 1. The van der Waals surface area contributed by atoms with Crippen molar-refractivity contribution in [3.8, 4) is 5.75 Å². The van der Waals surface area contributed by atoms with Crippen molar-refractivity contribution >= 4 is 22.6 Å². The Kier molecular flexibility index (Phi) is 4.10. The first-order valence-electron chi connectivity index (χ1n) is 8.28. The molecular weight excluding hydrogens is 324 g/mol. The first kappa shape index (κ1) is 15.4. The average molecular weight is 344 g/mol. The van der Waals surface area contributed by atoms with Gasteiger partial charge < -0.3 is 14.5 Å². The molecule has 1 atom stereocenters. The zero-order chi connectivity index (χ0) is 16.5. The number of aryl methyl sites for hydroxylation is 1. The molecule has 126 valence electrons. The SMILES string of the molecule is Cc1nsc(N2CCCN(C(=O)[C@H]3COc4ccccc43)CC2)n1. The minimum absolute atomic E-state index is 0.170. The third-order valence-corrected chi connectivity index (χ3v) is 5.46. The average Bonchev–Trinajstić information content (AvgIpc) is 3.13. The Morgan fingerprint density at radius 1 is 1.25 bits per heavy atom. The summed E-state index contributed by atoms with van der Waals surface area (Å²) < 4.78 is 9.93. The predicted octanol–water partition coefficient (Wildman–Crippen LogP) is 2.06. The normalized spacial score (nSPS) is 20.5. The lowest BCUT2D eigenvalue weighted by molar-refractivity contribution is -0.132. The number of rotatable bonds is 2. The molecule has 1 saturated heterocycles. The molecule has 0 radical (unpaired) electrons. The summed E-state index contributed by atoms with van der Waals surface area (Å²) in [6, 6.07) is 7.85. The molecule has 0 unspecified atom stereocenters. The summed E-state index contributed by atoms with van der Waals surface area (Å²) in [6.45, 7) is 5.58. The molecule has 1 amide bonds. The molecule has 4 rings (SSSR count). The van der Waals surface area contributed by atoms with Gasteiger partial charge in [0, 0.05) is 43.3 Å². The molecule has 1 fully saturated rings. The second-order valence-corrected chi connectivity index (χ2v) is 6.92. The molecule has 6 nitrogen and oxygen atoms in total. The molecule has 0 bridgehead atoms. The quantitative estimate of drug-likeness (QED) is 0.835. The van der Waals surface area contributed by atoms with E-state index in [9.17, 15) is 4.79 Å². The molecule has 0 N–H and O–H groups in total. The molecule has 2 aliphatic heterocycles. The number of hydrogen-bond acceptors (Lipinski definition) is 6. The summed E-state index contributed by atoms with van der Waals surface area (Å²) in [7, 11) is 0. The summed E-state index contributed by atoms with van der Waals surface area (Å²) in [4.78, 5) is 21.6. The zero-order valence-corrected chi connectivity index (χ0v) is 14.5.